The van der Waals surface area contributed by atoms with E-state index in [-0.39, 0.29) is 5.76 Å². The predicted octanol–water partition coefficient (Wildman–Crippen LogP) is 1.80. The minimum absolute atomic E-state index is 0.00491. The maximum atomic E-state index is 10.8. The number of carboxylic acids is 1. The third kappa shape index (κ3) is 3.34. The third-order valence-corrected chi connectivity index (χ3v) is 3.23. The van der Waals surface area contributed by atoms with E-state index in [2.05, 4.69) is 5.32 Å². The van der Waals surface area contributed by atoms with E-state index in [1.807, 2.05) is 0 Å². The van der Waals surface area contributed by atoms with Crippen molar-refractivity contribution in [2.24, 2.45) is 5.92 Å². The van der Waals surface area contributed by atoms with E-state index in [1.165, 1.54) is 6.42 Å². The van der Waals surface area contributed by atoms with Gasteiger partial charge in [0.2, 0.25) is 5.76 Å². The Morgan fingerprint density at radius 1 is 1.61 bits per heavy atom. The fourth-order valence-electron chi connectivity index (χ4n) is 2.18. The summed E-state index contributed by atoms with van der Waals surface area (Å²) in [5.41, 5.74) is 0.907. The van der Waals surface area contributed by atoms with Crippen molar-refractivity contribution in [1.82, 2.24) is 5.32 Å². The second kappa shape index (κ2) is 6.02. The van der Waals surface area contributed by atoms with Gasteiger partial charge >= 0.3 is 5.97 Å². The van der Waals surface area contributed by atoms with Gasteiger partial charge in [0.1, 0.15) is 5.76 Å². The van der Waals surface area contributed by atoms with E-state index in [0.717, 1.165) is 31.7 Å². The average molecular weight is 253 g/mol. The van der Waals surface area contributed by atoms with E-state index in [4.69, 9.17) is 14.3 Å². The highest BCUT2D eigenvalue weighted by molar-refractivity contribution is 5.84. The highest BCUT2D eigenvalue weighted by Crippen LogP contribution is 2.16. The van der Waals surface area contributed by atoms with Gasteiger partial charge in [-0.2, -0.15) is 0 Å². The van der Waals surface area contributed by atoms with Crippen molar-refractivity contribution in [3.8, 4) is 0 Å². The van der Waals surface area contributed by atoms with Crippen LogP contribution in [0.2, 0.25) is 0 Å². The molecule has 18 heavy (non-hydrogen) atoms. The summed E-state index contributed by atoms with van der Waals surface area (Å²) in [5, 5.41) is 12.2. The summed E-state index contributed by atoms with van der Waals surface area (Å²) in [5.74, 6) is 0.208. The number of ether oxygens (including phenoxy) is 1. The van der Waals surface area contributed by atoms with Crippen molar-refractivity contribution >= 4 is 5.97 Å². The minimum atomic E-state index is -1.02. The Bertz CT molecular complexity index is 407. The number of aromatic carboxylic acids is 1. The topological polar surface area (TPSA) is 71.7 Å². The maximum Gasteiger partial charge on any atom is 0.371 e. The first-order valence-corrected chi connectivity index (χ1v) is 6.28. The van der Waals surface area contributed by atoms with Gasteiger partial charge in [-0.15, -0.1) is 0 Å². The van der Waals surface area contributed by atoms with Crippen LogP contribution in [0.1, 0.15) is 34.7 Å². The molecule has 0 saturated carbocycles. The number of furan rings is 1. The molecular formula is C13H19NO4. The van der Waals surface area contributed by atoms with Crippen LogP contribution in [0.4, 0.5) is 0 Å². The molecule has 0 spiro atoms. The van der Waals surface area contributed by atoms with Crippen molar-refractivity contribution in [2.75, 3.05) is 19.8 Å². The second-order valence-electron chi connectivity index (χ2n) is 4.71. The first-order chi connectivity index (χ1) is 8.66. The summed E-state index contributed by atoms with van der Waals surface area (Å²) in [6.07, 6.45) is 2.32. The van der Waals surface area contributed by atoms with Crippen LogP contribution < -0.4 is 5.32 Å². The normalized spacial score (nSPS) is 19.9. The van der Waals surface area contributed by atoms with Gasteiger partial charge in [-0.1, -0.05) is 0 Å². The lowest BCUT2D eigenvalue weighted by Gasteiger charge is -2.22. The van der Waals surface area contributed by atoms with Gasteiger partial charge < -0.3 is 19.6 Å². The van der Waals surface area contributed by atoms with E-state index in [0.29, 0.717) is 18.2 Å². The molecule has 5 nitrogen and oxygen atoms in total. The zero-order valence-electron chi connectivity index (χ0n) is 10.6. The monoisotopic (exact) mass is 253 g/mol. The summed E-state index contributed by atoms with van der Waals surface area (Å²) in [4.78, 5) is 10.8. The van der Waals surface area contributed by atoms with Gasteiger partial charge in [0.05, 0.1) is 6.61 Å². The van der Waals surface area contributed by atoms with Crippen molar-refractivity contribution in [1.29, 1.82) is 0 Å². The number of aryl methyl sites for hydroxylation is 1. The first-order valence-electron chi connectivity index (χ1n) is 6.28. The molecule has 0 aliphatic carbocycles. The Balaban J connectivity index is 1.80. The van der Waals surface area contributed by atoms with Gasteiger partial charge in [-0.25, -0.2) is 4.79 Å². The van der Waals surface area contributed by atoms with E-state index in [1.54, 1.807) is 13.0 Å². The van der Waals surface area contributed by atoms with Crippen LogP contribution >= 0.6 is 0 Å². The molecule has 1 aliphatic rings. The maximum absolute atomic E-state index is 10.8. The minimum Gasteiger partial charge on any atom is -0.475 e. The molecular weight excluding hydrogens is 234 g/mol. The van der Waals surface area contributed by atoms with E-state index in [9.17, 15) is 4.79 Å². The molecule has 1 fully saturated rings. The van der Waals surface area contributed by atoms with Crippen LogP contribution in [-0.2, 0) is 11.3 Å². The molecule has 1 atom stereocenters. The summed E-state index contributed by atoms with van der Waals surface area (Å²) in [7, 11) is 0. The molecule has 0 aromatic carbocycles. The summed E-state index contributed by atoms with van der Waals surface area (Å²) in [6.45, 7) is 5.01. The standard InChI is InChI=1S/C13H19NO4/c1-9-11(5-12(18-9)13(15)16)7-14-6-10-3-2-4-17-8-10/h5,10,14H,2-4,6-8H2,1H3,(H,15,16). The number of nitrogens with one attached hydrogen (secondary N) is 1. The van der Waals surface area contributed by atoms with E-state index < -0.39 is 5.97 Å². The largest absolute Gasteiger partial charge is 0.475 e. The molecule has 1 saturated heterocycles. The van der Waals surface area contributed by atoms with Crippen LogP contribution in [0.15, 0.2) is 10.5 Å². The van der Waals surface area contributed by atoms with Gasteiger partial charge in [-0.3, -0.25) is 0 Å². The Morgan fingerprint density at radius 3 is 3.06 bits per heavy atom. The fraction of sp³-hybridized carbons (Fsp3) is 0.615. The van der Waals surface area contributed by atoms with Gasteiger partial charge in [0, 0.05) is 25.3 Å². The first kappa shape index (κ1) is 13.1. The highest BCUT2D eigenvalue weighted by Gasteiger charge is 2.15. The zero-order chi connectivity index (χ0) is 13.0. The zero-order valence-corrected chi connectivity index (χ0v) is 10.6. The molecule has 1 unspecified atom stereocenters. The molecule has 2 heterocycles. The Labute approximate surface area is 106 Å². The molecule has 0 amide bonds. The average Bonchev–Trinajstić information content (AvgIpc) is 2.73. The molecule has 100 valence electrons. The Morgan fingerprint density at radius 2 is 2.44 bits per heavy atom. The molecule has 5 heteroatoms. The number of carbonyl (C=O) groups is 1. The van der Waals surface area contributed by atoms with Crippen LogP contribution in [0.3, 0.4) is 0 Å². The van der Waals surface area contributed by atoms with Gasteiger partial charge in [-0.05, 0) is 31.7 Å². The molecule has 0 bridgehead atoms. The number of rotatable bonds is 5. The molecule has 0 radical (unpaired) electrons. The van der Waals surface area contributed by atoms with Gasteiger partial charge in [0.25, 0.3) is 0 Å². The van der Waals surface area contributed by atoms with E-state index >= 15 is 0 Å². The second-order valence-corrected chi connectivity index (χ2v) is 4.71. The number of carboxylic acid groups (broad SMARTS) is 1. The molecule has 2 N–H and O–H groups in total. The van der Waals surface area contributed by atoms with Crippen LogP contribution in [0.25, 0.3) is 0 Å². The summed E-state index contributed by atoms with van der Waals surface area (Å²) in [6, 6.07) is 1.59. The molecule has 1 aliphatic heterocycles. The molecule has 1 aromatic rings. The number of hydrogen-bond donors (Lipinski definition) is 2. The lowest BCUT2D eigenvalue weighted by atomic mass is 10.0. The number of hydrogen-bond acceptors (Lipinski definition) is 4. The van der Waals surface area contributed by atoms with Crippen LogP contribution in [-0.4, -0.2) is 30.8 Å². The molecule has 1 aromatic heterocycles. The third-order valence-electron chi connectivity index (χ3n) is 3.23. The summed E-state index contributed by atoms with van der Waals surface area (Å²) >= 11 is 0. The fourth-order valence-corrected chi connectivity index (χ4v) is 2.18. The van der Waals surface area contributed by atoms with Crippen molar-refractivity contribution < 1.29 is 19.1 Å². The smallest absolute Gasteiger partial charge is 0.371 e. The SMILES string of the molecule is Cc1oc(C(=O)O)cc1CNCC1CCCOC1. The summed E-state index contributed by atoms with van der Waals surface area (Å²) < 4.78 is 10.6. The quantitative estimate of drug-likeness (QED) is 0.837. The van der Waals surface area contributed by atoms with Crippen LogP contribution in [0.5, 0.6) is 0 Å². The predicted molar refractivity (Wildman–Crippen MR) is 65.7 cm³/mol. The highest BCUT2D eigenvalue weighted by atomic mass is 16.5. The van der Waals surface area contributed by atoms with Crippen LogP contribution in [0, 0.1) is 12.8 Å². The van der Waals surface area contributed by atoms with Crippen molar-refractivity contribution in [3.05, 3.63) is 23.2 Å². The lowest BCUT2D eigenvalue weighted by Crippen LogP contribution is -2.28. The Kier molecular flexibility index (Phi) is 4.38. The van der Waals surface area contributed by atoms with Crippen molar-refractivity contribution in [2.45, 2.75) is 26.3 Å². The molecule has 2 rings (SSSR count). The lowest BCUT2D eigenvalue weighted by molar-refractivity contribution is 0.0547. The van der Waals surface area contributed by atoms with Crippen molar-refractivity contribution in [3.63, 3.8) is 0 Å². The van der Waals surface area contributed by atoms with Gasteiger partial charge in [0.15, 0.2) is 0 Å². The Hall–Kier alpha value is -1.33.